The summed E-state index contributed by atoms with van der Waals surface area (Å²) in [5.74, 6) is 4.50. The van der Waals surface area contributed by atoms with Crippen LogP contribution in [0.5, 0.6) is 0 Å². The van der Waals surface area contributed by atoms with Gasteiger partial charge in [-0.25, -0.2) is 0 Å². The zero-order valence-corrected chi connectivity index (χ0v) is 20.3. The molecule has 0 aliphatic heterocycles. The van der Waals surface area contributed by atoms with Gasteiger partial charge >= 0.3 is 0 Å². The molecule has 25 heavy (non-hydrogen) atoms. The molecule has 0 aromatic carbocycles. The van der Waals surface area contributed by atoms with E-state index in [0.717, 1.165) is 19.3 Å². The van der Waals surface area contributed by atoms with Gasteiger partial charge in [-0.1, -0.05) is 31.8 Å². The molecule has 1 N–H and O–H groups in total. The lowest BCUT2D eigenvalue weighted by atomic mass is 9.75. The molecule has 1 aromatic heterocycles. The Balaban J connectivity index is 1.97. The Bertz CT molecular complexity index is 606. The molecule has 3 unspecified atom stereocenters. The fourth-order valence-electron chi connectivity index (χ4n) is 3.25. The van der Waals surface area contributed by atoms with E-state index in [1.54, 1.807) is 23.6 Å². The average Bonchev–Trinajstić information content (AvgIpc) is 2.61. The lowest BCUT2D eigenvalue weighted by Gasteiger charge is -2.34. The molecule has 1 heterocycles. The van der Waals surface area contributed by atoms with Crippen LogP contribution in [0.25, 0.3) is 0 Å². The van der Waals surface area contributed by atoms with Gasteiger partial charge in [0.1, 0.15) is 5.69 Å². The maximum Gasteiger partial charge on any atom is 0.270 e. The molecule has 0 radical (unpaired) electrons. The van der Waals surface area contributed by atoms with Crippen LogP contribution in [-0.2, 0) is 0 Å². The summed E-state index contributed by atoms with van der Waals surface area (Å²) in [6, 6.07) is 5.65. The van der Waals surface area contributed by atoms with Crippen molar-refractivity contribution in [1.29, 1.82) is 0 Å². The third kappa shape index (κ3) is 7.90. The Morgan fingerprint density at radius 3 is 2.96 bits per heavy atom. The predicted molar refractivity (Wildman–Crippen MR) is 126 cm³/mol. The number of halogens is 2. The minimum atomic E-state index is -0.103. The van der Waals surface area contributed by atoms with Crippen LogP contribution in [-0.4, -0.2) is 16.9 Å². The van der Waals surface area contributed by atoms with Gasteiger partial charge in [0.15, 0.2) is 0 Å². The van der Waals surface area contributed by atoms with Crippen molar-refractivity contribution < 1.29 is 4.79 Å². The number of carbonyl (C=O) groups is 1. The molecular formula is C18H23I2N2OPS. The number of hydrogen-bond acceptors (Lipinski definition) is 3. The summed E-state index contributed by atoms with van der Waals surface area (Å²) < 4.78 is -0.103. The van der Waals surface area contributed by atoms with Gasteiger partial charge < -0.3 is 5.32 Å². The van der Waals surface area contributed by atoms with E-state index < -0.39 is 0 Å². The van der Waals surface area contributed by atoms with Crippen LogP contribution in [0.4, 0.5) is 0 Å². The quantitative estimate of drug-likeness (QED) is 0.228. The van der Waals surface area contributed by atoms with Gasteiger partial charge in [-0.05, 0) is 104 Å². The molecule has 3 atom stereocenters. The highest BCUT2D eigenvalue weighted by atomic mass is 127. The maximum atomic E-state index is 12.4. The van der Waals surface area contributed by atoms with Crippen LogP contribution in [0.3, 0.4) is 0 Å². The van der Waals surface area contributed by atoms with E-state index in [4.69, 9.17) is 0 Å². The van der Waals surface area contributed by atoms with Crippen molar-refractivity contribution in [2.45, 2.75) is 51.5 Å². The van der Waals surface area contributed by atoms with Crippen LogP contribution in [0, 0.1) is 23.0 Å². The minimum absolute atomic E-state index is 0.0678. The zero-order valence-electron chi connectivity index (χ0n) is 14.3. The summed E-state index contributed by atoms with van der Waals surface area (Å²) in [5.41, 5.74) is 0.495. The SMILES string of the molecule is CCCCC1CCC(NC(=O)c2ccccn2)CC1C#CSP(I)I. The van der Waals surface area contributed by atoms with E-state index in [1.165, 1.54) is 19.3 Å². The van der Waals surface area contributed by atoms with E-state index in [1.807, 2.05) is 12.1 Å². The Morgan fingerprint density at radius 1 is 1.44 bits per heavy atom. The smallest absolute Gasteiger partial charge is 0.270 e. The van der Waals surface area contributed by atoms with Crippen molar-refractivity contribution in [3.05, 3.63) is 30.1 Å². The van der Waals surface area contributed by atoms with Crippen LogP contribution < -0.4 is 5.32 Å². The van der Waals surface area contributed by atoms with E-state index >= 15 is 0 Å². The lowest BCUT2D eigenvalue weighted by Crippen LogP contribution is -2.41. The Hall–Kier alpha value is 0.420. The Labute approximate surface area is 182 Å². The van der Waals surface area contributed by atoms with Crippen molar-refractivity contribution in [1.82, 2.24) is 10.3 Å². The lowest BCUT2D eigenvalue weighted by molar-refractivity contribution is 0.0907. The van der Waals surface area contributed by atoms with E-state index in [9.17, 15) is 4.79 Å². The van der Waals surface area contributed by atoms with Gasteiger partial charge in [-0.2, -0.15) is 0 Å². The summed E-state index contributed by atoms with van der Waals surface area (Å²) >= 11 is 6.62. The third-order valence-corrected chi connectivity index (χ3v) is 9.09. The molecule has 0 saturated heterocycles. The third-order valence-electron chi connectivity index (χ3n) is 4.51. The molecule has 7 heteroatoms. The number of rotatable bonds is 6. The second-order valence-corrected chi connectivity index (χ2v) is 23.9. The summed E-state index contributed by atoms with van der Waals surface area (Å²) in [4.78, 5) is 16.5. The fourth-order valence-corrected chi connectivity index (χ4v) is 5.66. The van der Waals surface area contributed by atoms with Crippen molar-refractivity contribution in [2.75, 3.05) is 0 Å². The first kappa shape index (κ1) is 21.7. The van der Waals surface area contributed by atoms with Crippen LogP contribution in [0.2, 0.25) is 0 Å². The number of aromatic nitrogens is 1. The van der Waals surface area contributed by atoms with Crippen LogP contribution in [0.1, 0.15) is 55.9 Å². The molecule has 1 aliphatic carbocycles. The number of amides is 1. The number of unbranched alkanes of at least 4 members (excludes halogenated alkanes) is 1. The number of pyridine rings is 1. The van der Waals surface area contributed by atoms with Crippen LogP contribution >= 0.6 is 57.9 Å². The van der Waals surface area contributed by atoms with Gasteiger partial charge in [-0.3, -0.25) is 9.78 Å². The standard InChI is InChI=1S/C18H23I2N2OPS/c1-2-3-6-14-8-9-16(13-15(14)10-12-25-24(19)20)22-18(23)17-7-4-5-11-21-17/h4-5,7,11,14-16H,2-3,6,8-9,13H2,1H3,(H,22,23). The van der Waals surface area contributed by atoms with Gasteiger partial charge in [0, 0.05) is 18.2 Å². The van der Waals surface area contributed by atoms with Crippen LogP contribution in [0.15, 0.2) is 24.4 Å². The molecule has 1 aromatic rings. The summed E-state index contributed by atoms with van der Waals surface area (Å²) in [7, 11) is 0. The number of nitrogens with one attached hydrogen (secondary N) is 1. The molecule has 0 bridgehead atoms. The predicted octanol–water partition coefficient (Wildman–Crippen LogP) is 6.58. The fraction of sp³-hybridized carbons (Fsp3) is 0.556. The Morgan fingerprint density at radius 2 is 2.28 bits per heavy atom. The number of carbonyl (C=O) groups excluding carboxylic acids is 1. The highest BCUT2D eigenvalue weighted by Gasteiger charge is 2.30. The average molecular weight is 600 g/mol. The molecule has 136 valence electrons. The second kappa shape index (κ2) is 12.0. The molecule has 1 saturated carbocycles. The molecule has 2 rings (SSSR count). The van der Waals surface area contributed by atoms with E-state index in [-0.39, 0.29) is 14.4 Å². The first-order valence-corrected chi connectivity index (χ1v) is 16.9. The molecule has 1 amide bonds. The Kier molecular flexibility index (Phi) is 10.4. The van der Waals surface area contributed by atoms with Crippen molar-refractivity contribution >= 4 is 63.8 Å². The first-order valence-electron chi connectivity index (χ1n) is 8.61. The second-order valence-electron chi connectivity index (χ2n) is 6.25. The summed E-state index contributed by atoms with van der Waals surface area (Å²) in [6.45, 7) is 2.24. The highest BCUT2D eigenvalue weighted by Crippen LogP contribution is 2.64. The van der Waals surface area contributed by atoms with Gasteiger partial charge in [0.2, 0.25) is 0 Å². The highest BCUT2D eigenvalue weighted by molar-refractivity contribution is 14.3. The van der Waals surface area contributed by atoms with E-state index in [0.29, 0.717) is 17.5 Å². The zero-order chi connectivity index (χ0) is 18.1. The molecule has 1 aliphatic rings. The summed E-state index contributed by atoms with van der Waals surface area (Å²) in [5, 5.41) is 6.49. The van der Waals surface area contributed by atoms with Crippen molar-refractivity contribution in [3.63, 3.8) is 0 Å². The van der Waals surface area contributed by atoms with Gasteiger partial charge in [-0.15, -0.1) is 0 Å². The van der Waals surface area contributed by atoms with Crippen molar-refractivity contribution in [3.8, 4) is 11.2 Å². The first-order chi connectivity index (χ1) is 12.1. The molecule has 1 fully saturated rings. The van der Waals surface area contributed by atoms with Gasteiger partial charge in [0.05, 0.1) is 2.41 Å². The van der Waals surface area contributed by atoms with Gasteiger partial charge in [0.25, 0.3) is 5.91 Å². The monoisotopic (exact) mass is 600 g/mol. The molecule has 3 nitrogen and oxygen atoms in total. The number of nitrogens with zero attached hydrogens (tertiary/aromatic N) is 1. The topological polar surface area (TPSA) is 42.0 Å². The maximum absolute atomic E-state index is 12.4. The normalized spacial score (nSPS) is 23.0. The molecular weight excluding hydrogens is 577 g/mol. The largest absolute Gasteiger partial charge is 0.348 e. The summed E-state index contributed by atoms with van der Waals surface area (Å²) in [6.07, 6.45) is 8.58. The minimum Gasteiger partial charge on any atom is -0.348 e. The number of hydrogen-bond donors (Lipinski definition) is 1. The molecule has 0 spiro atoms. The van der Waals surface area contributed by atoms with Crippen molar-refractivity contribution in [2.24, 2.45) is 11.8 Å². The van der Waals surface area contributed by atoms with E-state index in [2.05, 4.69) is 72.5 Å².